The Hall–Kier alpha value is -1.74. The molecule has 1 fully saturated rings. The third-order valence-electron chi connectivity index (χ3n) is 4.94. The minimum atomic E-state index is -0.449. The zero-order chi connectivity index (χ0) is 19.8. The second kappa shape index (κ2) is 12.1. The third-order valence-corrected chi connectivity index (χ3v) is 4.94. The molecule has 3 rings (SSSR count). The van der Waals surface area contributed by atoms with E-state index in [0.29, 0.717) is 18.5 Å². The number of piperidine rings is 1. The smallest absolute Gasteiger partial charge is 0.191 e. The van der Waals surface area contributed by atoms with Crippen LogP contribution < -0.4 is 10.6 Å². The number of halogens is 3. The topological polar surface area (TPSA) is 39.7 Å². The lowest BCUT2D eigenvalue weighted by atomic mass is 10.0. The fourth-order valence-electron chi connectivity index (χ4n) is 3.42. The molecule has 0 unspecified atom stereocenters. The summed E-state index contributed by atoms with van der Waals surface area (Å²) in [6.45, 7) is 5.81. The van der Waals surface area contributed by atoms with Gasteiger partial charge in [0.15, 0.2) is 5.96 Å². The van der Waals surface area contributed by atoms with Crippen LogP contribution in [0.5, 0.6) is 0 Å². The summed E-state index contributed by atoms with van der Waals surface area (Å²) in [6, 6.07) is 14.3. The van der Waals surface area contributed by atoms with E-state index in [9.17, 15) is 8.78 Å². The van der Waals surface area contributed by atoms with E-state index in [0.717, 1.165) is 44.6 Å². The number of nitrogens with zero attached hydrogens (tertiary/aromatic N) is 2. The molecule has 1 heterocycles. The van der Waals surface area contributed by atoms with Crippen LogP contribution in [0.15, 0.2) is 53.5 Å². The molecule has 0 spiro atoms. The molecule has 0 aromatic heterocycles. The van der Waals surface area contributed by atoms with E-state index in [1.807, 2.05) is 13.0 Å². The standard InChI is InChI=1S/C22H28F2N4.HI/c1-2-25-22(26-15-18-14-19(23)8-9-21(18)24)27-20-10-12-28(13-11-20)16-17-6-4-3-5-7-17;/h3-9,14,20H,2,10-13,15-16H2,1H3,(H2,25,26,27);1H. The molecule has 2 aromatic carbocycles. The number of nitrogens with one attached hydrogen (secondary N) is 2. The van der Waals surface area contributed by atoms with Crippen LogP contribution in [0.2, 0.25) is 0 Å². The van der Waals surface area contributed by atoms with Gasteiger partial charge >= 0.3 is 0 Å². The summed E-state index contributed by atoms with van der Waals surface area (Å²) in [5, 5.41) is 6.64. The summed E-state index contributed by atoms with van der Waals surface area (Å²) >= 11 is 0. The monoisotopic (exact) mass is 514 g/mol. The lowest BCUT2D eigenvalue weighted by molar-refractivity contribution is 0.198. The zero-order valence-electron chi connectivity index (χ0n) is 16.7. The van der Waals surface area contributed by atoms with E-state index in [-0.39, 0.29) is 36.1 Å². The van der Waals surface area contributed by atoms with Crippen LogP contribution in [0.25, 0.3) is 0 Å². The van der Waals surface area contributed by atoms with Gasteiger partial charge in [0.2, 0.25) is 0 Å². The molecule has 1 saturated heterocycles. The maximum atomic E-state index is 13.8. The number of hydrogen-bond donors (Lipinski definition) is 2. The molecule has 0 atom stereocenters. The number of hydrogen-bond acceptors (Lipinski definition) is 2. The van der Waals surface area contributed by atoms with Crippen LogP contribution in [0, 0.1) is 11.6 Å². The highest BCUT2D eigenvalue weighted by atomic mass is 127. The quantitative estimate of drug-likeness (QED) is 0.343. The van der Waals surface area contributed by atoms with Gasteiger partial charge in [-0.2, -0.15) is 0 Å². The molecular formula is C22H29F2IN4. The van der Waals surface area contributed by atoms with Gasteiger partial charge in [-0.3, -0.25) is 4.90 Å². The van der Waals surface area contributed by atoms with Crippen molar-refractivity contribution in [3.05, 3.63) is 71.3 Å². The second-order valence-corrected chi connectivity index (χ2v) is 7.11. The van der Waals surface area contributed by atoms with Gasteiger partial charge < -0.3 is 10.6 Å². The van der Waals surface area contributed by atoms with Gasteiger partial charge in [-0.15, -0.1) is 24.0 Å². The molecule has 1 aliphatic rings. The molecular weight excluding hydrogens is 485 g/mol. The highest BCUT2D eigenvalue weighted by Gasteiger charge is 2.20. The molecule has 4 nitrogen and oxygen atoms in total. The van der Waals surface area contributed by atoms with Crippen LogP contribution in [-0.2, 0) is 13.1 Å². The van der Waals surface area contributed by atoms with E-state index in [4.69, 9.17) is 0 Å². The van der Waals surface area contributed by atoms with E-state index in [1.165, 1.54) is 11.6 Å². The summed E-state index contributed by atoms with van der Waals surface area (Å²) < 4.78 is 27.1. The number of likely N-dealkylation sites (tertiary alicyclic amines) is 1. The summed E-state index contributed by atoms with van der Waals surface area (Å²) in [7, 11) is 0. The van der Waals surface area contributed by atoms with Crippen molar-refractivity contribution in [3.8, 4) is 0 Å². The van der Waals surface area contributed by atoms with E-state index in [1.54, 1.807) is 0 Å². The normalized spacial score (nSPS) is 15.6. The van der Waals surface area contributed by atoms with E-state index in [2.05, 4.69) is 44.8 Å². The first kappa shape index (κ1) is 23.5. The summed E-state index contributed by atoms with van der Waals surface area (Å²) in [5.74, 6) is -0.238. The van der Waals surface area contributed by atoms with Crippen molar-refractivity contribution in [2.75, 3.05) is 19.6 Å². The second-order valence-electron chi connectivity index (χ2n) is 7.11. The number of guanidine groups is 1. The van der Waals surface area contributed by atoms with Crippen molar-refractivity contribution in [2.24, 2.45) is 4.99 Å². The first-order chi connectivity index (χ1) is 13.6. The van der Waals surface area contributed by atoms with Crippen molar-refractivity contribution in [3.63, 3.8) is 0 Å². The Labute approximate surface area is 188 Å². The number of rotatable bonds is 6. The minimum absolute atomic E-state index is 0. The Balaban J connectivity index is 0.00000300. The zero-order valence-corrected chi connectivity index (χ0v) is 19.0. The van der Waals surface area contributed by atoms with Crippen LogP contribution in [0.4, 0.5) is 8.78 Å². The Morgan fingerprint density at radius 3 is 2.52 bits per heavy atom. The fraction of sp³-hybridized carbons (Fsp3) is 0.409. The van der Waals surface area contributed by atoms with Gasteiger partial charge in [0.05, 0.1) is 6.54 Å². The molecule has 0 aliphatic carbocycles. The summed E-state index contributed by atoms with van der Waals surface area (Å²) in [6.07, 6.45) is 2.04. The SMILES string of the molecule is CCNC(=NCc1cc(F)ccc1F)NC1CCN(Cc2ccccc2)CC1.I. The van der Waals surface area contributed by atoms with E-state index >= 15 is 0 Å². The van der Waals surface area contributed by atoms with Crippen molar-refractivity contribution in [1.29, 1.82) is 0 Å². The predicted molar refractivity (Wildman–Crippen MR) is 124 cm³/mol. The van der Waals surface area contributed by atoms with Gasteiger partial charge in [-0.05, 0) is 43.5 Å². The van der Waals surface area contributed by atoms with Crippen molar-refractivity contribution >= 4 is 29.9 Å². The minimum Gasteiger partial charge on any atom is -0.357 e. The lowest BCUT2D eigenvalue weighted by Gasteiger charge is -2.33. The molecule has 7 heteroatoms. The largest absolute Gasteiger partial charge is 0.357 e. The lowest BCUT2D eigenvalue weighted by Crippen LogP contribution is -2.48. The van der Waals surface area contributed by atoms with Crippen molar-refractivity contribution in [2.45, 2.75) is 38.9 Å². The van der Waals surface area contributed by atoms with Crippen LogP contribution in [-0.4, -0.2) is 36.5 Å². The third kappa shape index (κ3) is 7.54. The number of aliphatic imine (C=N–C) groups is 1. The summed E-state index contributed by atoms with van der Waals surface area (Å²) in [4.78, 5) is 6.90. The van der Waals surface area contributed by atoms with Gasteiger partial charge in [0.25, 0.3) is 0 Å². The first-order valence-electron chi connectivity index (χ1n) is 9.89. The summed E-state index contributed by atoms with van der Waals surface area (Å²) in [5.41, 5.74) is 1.59. The molecule has 0 saturated carbocycles. The van der Waals surface area contributed by atoms with Crippen LogP contribution in [0.3, 0.4) is 0 Å². The maximum Gasteiger partial charge on any atom is 0.191 e. The highest BCUT2D eigenvalue weighted by Crippen LogP contribution is 2.14. The average Bonchev–Trinajstić information content (AvgIpc) is 2.71. The van der Waals surface area contributed by atoms with Crippen LogP contribution in [0.1, 0.15) is 30.9 Å². The molecule has 29 heavy (non-hydrogen) atoms. The van der Waals surface area contributed by atoms with Gasteiger partial charge in [-0.25, -0.2) is 13.8 Å². The van der Waals surface area contributed by atoms with E-state index < -0.39 is 11.6 Å². The molecule has 0 radical (unpaired) electrons. The van der Waals surface area contributed by atoms with Gasteiger partial charge in [0.1, 0.15) is 11.6 Å². The highest BCUT2D eigenvalue weighted by molar-refractivity contribution is 14.0. The Morgan fingerprint density at radius 2 is 1.83 bits per heavy atom. The molecule has 0 amide bonds. The molecule has 0 bridgehead atoms. The average molecular weight is 514 g/mol. The Morgan fingerprint density at radius 1 is 1.10 bits per heavy atom. The first-order valence-corrected chi connectivity index (χ1v) is 9.89. The Kier molecular flexibility index (Phi) is 9.80. The fourth-order valence-corrected chi connectivity index (χ4v) is 3.42. The van der Waals surface area contributed by atoms with Gasteiger partial charge in [-0.1, -0.05) is 30.3 Å². The molecule has 1 aliphatic heterocycles. The predicted octanol–water partition coefficient (Wildman–Crippen LogP) is 4.30. The maximum absolute atomic E-state index is 13.8. The molecule has 2 aromatic rings. The van der Waals surface area contributed by atoms with Gasteiger partial charge in [0, 0.05) is 37.8 Å². The van der Waals surface area contributed by atoms with Crippen molar-refractivity contribution in [1.82, 2.24) is 15.5 Å². The van der Waals surface area contributed by atoms with Crippen LogP contribution >= 0.6 is 24.0 Å². The molecule has 158 valence electrons. The Bertz CT molecular complexity index is 778. The van der Waals surface area contributed by atoms with Crippen molar-refractivity contribution < 1.29 is 8.78 Å². The number of benzene rings is 2. The molecule has 2 N–H and O–H groups in total.